The fourth-order valence-electron chi connectivity index (χ4n) is 1.58. The zero-order valence-corrected chi connectivity index (χ0v) is 11.3. The molecule has 0 aliphatic carbocycles. The van der Waals surface area contributed by atoms with Gasteiger partial charge in [0.05, 0.1) is 6.42 Å². The minimum atomic E-state index is -0.812. The number of rotatable bonds is 8. The van der Waals surface area contributed by atoms with E-state index in [1.807, 2.05) is 24.3 Å². The van der Waals surface area contributed by atoms with Gasteiger partial charge in [0.2, 0.25) is 0 Å². The SMILES string of the molecule is CS(=O)CCCNCc1ccc(CC(=O)O)cc1. The lowest BCUT2D eigenvalue weighted by Crippen LogP contribution is -2.16. The first-order valence-corrected chi connectivity index (χ1v) is 7.61. The topological polar surface area (TPSA) is 66.4 Å². The Bertz CT molecular complexity index is 403. The fourth-order valence-corrected chi connectivity index (χ4v) is 2.13. The van der Waals surface area contributed by atoms with E-state index < -0.39 is 16.8 Å². The van der Waals surface area contributed by atoms with Crippen LogP contribution in [-0.4, -0.2) is 33.8 Å². The van der Waals surface area contributed by atoms with Crippen LogP contribution in [0.2, 0.25) is 0 Å². The number of carboxylic acid groups (broad SMARTS) is 1. The van der Waals surface area contributed by atoms with Gasteiger partial charge >= 0.3 is 5.97 Å². The normalized spacial score (nSPS) is 12.3. The molecular weight excluding hydrogens is 250 g/mol. The number of hydrogen-bond acceptors (Lipinski definition) is 3. The monoisotopic (exact) mass is 269 g/mol. The molecular formula is C13H19NO3S. The maximum atomic E-state index is 10.8. The van der Waals surface area contributed by atoms with Crippen LogP contribution in [0.1, 0.15) is 17.5 Å². The van der Waals surface area contributed by atoms with E-state index in [1.165, 1.54) is 0 Å². The lowest BCUT2D eigenvalue weighted by atomic mass is 10.1. The van der Waals surface area contributed by atoms with Crippen molar-refractivity contribution >= 4 is 16.8 Å². The molecule has 0 saturated heterocycles. The minimum absolute atomic E-state index is 0.0655. The van der Waals surface area contributed by atoms with E-state index >= 15 is 0 Å². The summed E-state index contributed by atoms with van der Waals surface area (Å²) >= 11 is 0. The van der Waals surface area contributed by atoms with Gasteiger partial charge in [-0.15, -0.1) is 0 Å². The second-order valence-electron chi connectivity index (χ2n) is 4.19. The number of carbonyl (C=O) groups is 1. The molecule has 1 aromatic rings. The summed E-state index contributed by atoms with van der Waals surface area (Å²) in [5.74, 6) is -0.0849. The van der Waals surface area contributed by atoms with Gasteiger partial charge in [0.1, 0.15) is 0 Å². The highest BCUT2D eigenvalue weighted by Gasteiger charge is 2.00. The number of hydrogen-bond donors (Lipinski definition) is 2. The van der Waals surface area contributed by atoms with Crippen LogP contribution in [0, 0.1) is 0 Å². The van der Waals surface area contributed by atoms with Gasteiger partial charge in [0.25, 0.3) is 0 Å². The molecule has 0 fully saturated rings. The molecule has 0 amide bonds. The second kappa shape index (κ2) is 8.00. The summed E-state index contributed by atoms with van der Waals surface area (Å²) in [7, 11) is -0.718. The van der Waals surface area contributed by atoms with Crippen LogP contribution in [0.4, 0.5) is 0 Å². The van der Waals surface area contributed by atoms with Crippen LogP contribution in [0.3, 0.4) is 0 Å². The Morgan fingerprint density at radius 2 is 1.89 bits per heavy atom. The van der Waals surface area contributed by atoms with Gasteiger partial charge in [-0.3, -0.25) is 9.00 Å². The molecule has 1 rings (SSSR count). The summed E-state index contributed by atoms with van der Waals surface area (Å²) in [6.07, 6.45) is 2.68. The van der Waals surface area contributed by atoms with Crippen molar-refractivity contribution in [1.29, 1.82) is 0 Å². The first kappa shape index (κ1) is 14.9. The summed E-state index contributed by atoms with van der Waals surface area (Å²) < 4.78 is 10.8. The molecule has 1 atom stereocenters. The van der Waals surface area contributed by atoms with Crippen molar-refractivity contribution in [1.82, 2.24) is 5.32 Å². The van der Waals surface area contributed by atoms with Crippen molar-refractivity contribution in [2.75, 3.05) is 18.6 Å². The van der Waals surface area contributed by atoms with Gasteiger partial charge < -0.3 is 10.4 Å². The van der Waals surface area contributed by atoms with E-state index in [-0.39, 0.29) is 6.42 Å². The van der Waals surface area contributed by atoms with E-state index in [4.69, 9.17) is 5.11 Å². The quantitative estimate of drug-likeness (QED) is 0.695. The predicted octanol–water partition coefficient (Wildman–Crippen LogP) is 1.17. The number of nitrogens with one attached hydrogen (secondary N) is 1. The second-order valence-corrected chi connectivity index (χ2v) is 5.75. The molecule has 2 N–H and O–H groups in total. The smallest absolute Gasteiger partial charge is 0.307 e. The van der Waals surface area contributed by atoms with Crippen LogP contribution in [-0.2, 0) is 28.6 Å². The summed E-state index contributed by atoms with van der Waals surface area (Å²) in [5, 5.41) is 11.9. The molecule has 0 saturated carbocycles. The van der Waals surface area contributed by atoms with Gasteiger partial charge in [0.15, 0.2) is 0 Å². The molecule has 4 nitrogen and oxygen atoms in total. The van der Waals surface area contributed by atoms with Crippen molar-refractivity contribution in [2.45, 2.75) is 19.4 Å². The molecule has 0 radical (unpaired) electrons. The van der Waals surface area contributed by atoms with E-state index in [9.17, 15) is 9.00 Å². The molecule has 18 heavy (non-hydrogen) atoms. The van der Waals surface area contributed by atoms with Gasteiger partial charge in [-0.05, 0) is 24.1 Å². The summed E-state index contributed by atoms with van der Waals surface area (Å²) in [4.78, 5) is 10.5. The molecule has 0 aliphatic heterocycles. The Morgan fingerprint density at radius 3 is 2.44 bits per heavy atom. The molecule has 0 bridgehead atoms. The van der Waals surface area contributed by atoms with Crippen LogP contribution >= 0.6 is 0 Å². The molecule has 1 unspecified atom stereocenters. The van der Waals surface area contributed by atoms with Gasteiger partial charge in [-0.2, -0.15) is 0 Å². The number of benzene rings is 1. The maximum absolute atomic E-state index is 10.8. The zero-order valence-electron chi connectivity index (χ0n) is 10.5. The highest BCUT2D eigenvalue weighted by atomic mass is 32.2. The van der Waals surface area contributed by atoms with Crippen molar-refractivity contribution in [2.24, 2.45) is 0 Å². The Labute approximate surface area is 110 Å². The molecule has 0 heterocycles. The first-order chi connectivity index (χ1) is 8.58. The number of aliphatic carboxylic acids is 1. The van der Waals surface area contributed by atoms with Crippen molar-refractivity contribution in [3.05, 3.63) is 35.4 Å². The Hall–Kier alpha value is -1.20. The Balaban J connectivity index is 2.26. The van der Waals surface area contributed by atoms with Crippen molar-refractivity contribution in [3.63, 3.8) is 0 Å². The Kier molecular flexibility index (Phi) is 6.60. The Morgan fingerprint density at radius 1 is 1.28 bits per heavy atom. The largest absolute Gasteiger partial charge is 0.481 e. The zero-order chi connectivity index (χ0) is 13.4. The van der Waals surface area contributed by atoms with E-state index in [1.54, 1.807) is 6.26 Å². The lowest BCUT2D eigenvalue weighted by molar-refractivity contribution is -0.136. The molecule has 1 aromatic carbocycles. The minimum Gasteiger partial charge on any atom is -0.481 e. The third kappa shape index (κ3) is 6.51. The van der Waals surface area contributed by atoms with E-state index in [0.29, 0.717) is 0 Å². The average Bonchev–Trinajstić information content (AvgIpc) is 2.30. The average molecular weight is 269 g/mol. The highest BCUT2D eigenvalue weighted by molar-refractivity contribution is 7.84. The highest BCUT2D eigenvalue weighted by Crippen LogP contribution is 2.05. The molecule has 100 valence electrons. The fraction of sp³-hybridized carbons (Fsp3) is 0.462. The molecule has 0 aliphatic rings. The standard InChI is InChI=1S/C13H19NO3S/c1-18(17)8-2-7-14-10-12-5-3-11(4-6-12)9-13(15)16/h3-6,14H,2,7-10H2,1H3,(H,15,16). The van der Waals surface area contributed by atoms with Gasteiger partial charge in [0, 0.05) is 29.4 Å². The van der Waals surface area contributed by atoms with Crippen molar-refractivity contribution in [3.8, 4) is 0 Å². The van der Waals surface area contributed by atoms with Crippen molar-refractivity contribution < 1.29 is 14.1 Å². The summed E-state index contributed by atoms with van der Waals surface area (Å²) in [6.45, 7) is 1.60. The lowest BCUT2D eigenvalue weighted by Gasteiger charge is -2.05. The van der Waals surface area contributed by atoms with E-state index in [2.05, 4.69) is 5.32 Å². The van der Waals surface area contributed by atoms with Crippen LogP contribution in [0.25, 0.3) is 0 Å². The maximum Gasteiger partial charge on any atom is 0.307 e. The summed E-state index contributed by atoms with van der Waals surface area (Å²) in [5.41, 5.74) is 1.94. The number of carboxylic acids is 1. The molecule has 0 aromatic heterocycles. The van der Waals surface area contributed by atoms with Crippen LogP contribution in [0.5, 0.6) is 0 Å². The van der Waals surface area contributed by atoms with Gasteiger partial charge in [-0.1, -0.05) is 24.3 Å². The molecule has 0 spiro atoms. The third-order valence-electron chi connectivity index (χ3n) is 2.49. The first-order valence-electron chi connectivity index (χ1n) is 5.88. The van der Waals surface area contributed by atoms with Crippen LogP contribution in [0.15, 0.2) is 24.3 Å². The predicted molar refractivity (Wildman–Crippen MR) is 73.0 cm³/mol. The van der Waals surface area contributed by atoms with E-state index in [0.717, 1.165) is 36.4 Å². The molecule has 5 heteroatoms. The van der Waals surface area contributed by atoms with Crippen LogP contribution < -0.4 is 5.32 Å². The third-order valence-corrected chi connectivity index (χ3v) is 3.36. The van der Waals surface area contributed by atoms with Gasteiger partial charge in [-0.25, -0.2) is 0 Å². The summed E-state index contributed by atoms with van der Waals surface area (Å²) in [6, 6.07) is 7.55.